The fraction of sp³-hybridized carbons (Fsp3) is 0.364. The Morgan fingerprint density at radius 1 is 0.600 bits per heavy atom. The maximum atomic E-state index is 12.5. The Morgan fingerprint density at radius 3 is 1.17 bits per heavy atom. The molecule has 162 valence electrons. The quantitative estimate of drug-likeness (QED) is 0.631. The number of benzene rings is 2. The molecule has 0 saturated carbocycles. The molecule has 0 saturated heterocycles. The largest absolute Gasteiger partial charge is 0.496 e. The second-order valence-corrected chi connectivity index (χ2v) is 6.34. The molecule has 2 aromatic rings. The van der Waals surface area contributed by atoms with Crippen molar-refractivity contribution in [3.8, 4) is 34.1 Å². The highest BCUT2D eigenvalue weighted by Gasteiger charge is 2.31. The van der Waals surface area contributed by atoms with E-state index >= 15 is 0 Å². The van der Waals surface area contributed by atoms with Gasteiger partial charge in [-0.15, -0.1) is 0 Å². The standard InChI is InChI=1S/C22H26O8/c1-11-9-13(25-3)17(19(27-5)15(11)21(23)29-7)18-14(26-4)10-12(2)16(20(18)28-6)22(24)30-8/h9-10H,1-8H3. The van der Waals surface area contributed by atoms with Gasteiger partial charge in [0.05, 0.1) is 53.8 Å². The number of methoxy groups -OCH3 is 6. The lowest BCUT2D eigenvalue weighted by atomic mass is 9.92. The van der Waals surface area contributed by atoms with Gasteiger partial charge in [0.25, 0.3) is 0 Å². The Morgan fingerprint density at radius 2 is 0.933 bits per heavy atom. The van der Waals surface area contributed by atoms with Crippen molar-refractivity contribution in [2.45, 2.75) is 13.8 Å². The average Bonchev–Trinajstić information content (AvgIpc) is 2.76. The van der Waals surface area contributed by atoms with Crippen LogP contribution < -0.4 is 18.9 Å². The number of carbonyl (C=O) groups excluding carboxylic acids is 2. The van der Waals surface area contributed by atoms with Crippen molar-refractivity contribution in [2.24, 2.45) is 0 Å². The molecule has 0 amide bonds. The first-order valence-corrected chi connectivity index (χ1v) is 8.99. The van der Waals surface area contributed by atoms with Crippen molar-refractivity contribution in [1.82, 2.24) is 0 Å². The summed E-state index contributed by atoms with van der Waals surface area (Å²) in [4.78, 5) is 25.0. The van der Waals surface area contributed by atoms with Crippen LogP contribution in [0.5, 0.6) is 23.0 Å². The monoisotopic (exact) mass is 418 g/mol. The van der Waals surface area contributed by atoms with Gasteiger partial charge in [-0.3, -0.25) is 0 Å². The zero-order valence-corrected chi connectivity index (χ0v) is 18.4. The van der Waals surface area contributed by atoms with Gasteiger partial charge in [0.15, 0.2) is 0 Å². The summed E-state index contributed by atoms with van der Waals surface area (Å²) in [6.07, 6.45) is 0. The van der Waals surface area contributed by atoms with E-state index in [1.807, 2.05) is 0 Å². The molecule has 8 heteroatoms. The Balaban J connectivity index is 3.13. The number of carbonyl (C=O) groups is 2. The van der Waals surface area contributed by atoms with E-state index in [1.165, 1.54) is 42.7 Å². The molecule has 2 aromatic carbocycles. The van der Waals surface area contributed by atoms with Crippen molar-refractivity contribution in [3.63, 3.8) is 0 Å². The summed E-state index contributed by atoms with van der Waals surface area (Å²) in [5.74, 6) is 0.0458. The van der Waals surface area contributed by atoms with Gasteiger partial charge in [0.2, 0.25) is 0 Å². The first-order chi connectivity index (χ1) is 14.3. The Labute approximate surface area is 175 Å². The predicted octanol–water partition coefficient (Wildman–Crippen LogP) is 3.58. The van der Waals surface area contributed by atoms with Crippen molar-refractivity contribution >= 4 is 11.9 Å². The number of rotatable bonds is 7. The van der Waals surface area contributed by atoms with Crippen LogP contribution in [-0.4, -0.2) is 54.6 Å². The van der Waals surface area contributed by atoms with Crippen LogP contribution in [0.3, 0.4) is 0 Å². The molecule has 0 aliphatic heterocycles. The molecule has 0 N–H and O–H groups in total. The molecule has 0 heterocycles. The van der Waals surface area contributed by atoms with Crippen LogP contribution in [0.25, 0.3) is 11.1 Å². The van der Waals surface area contributed by atoms with Crippen LogP contribution >= 0.6 is 0 Å². The van der Waals surface area contributed by atoms with E-state index in [9.17, 15) is 9.59 Å². The first kappa shape index (κ1) is 22.9. The molecule has 0 spiro atoms. The number of aryl methyl sites for hydroxylation is 2. The summed E-state index contributed by atoms with van der Waals surface area (Å²) in [6, 6.07) is 3.36. The van der Waals surface area contributed by atoms with Crippen molar-refractivity contribution in [1.29, 1.82) is 0 Å². The van der Waals surface area contributed by atoms with E-state index in [0.29, 0.717) is 33.8 Å². The minimum Gasteiger partial charge on any atom is -0.496 e. The molecule has 0 atom stereocenters. The molecule has 2 rings (SSSR count). The number of hydrogen-bond donors (Lipinski definition) is 0. The van der Waals surface area contributed by atoms with E-state index < -0.39 is 11.9 Å². The van der Waals surface area contributed by atoms with Gasteiger partial charge in [0.1, 0.15) is 34.1 Å². The van der Waals surface area contributed by atoms with Crippen LogP contribution in [0, 0.1) is 13.8 Å². The Hall–Kier alpha value is -3.42. The molecule has 30 heavy (non-hydrogen) atoms. The number of hydrogen-bond acceptors (Lipinski definition) is 8. The van der Waals surface area contributed by atoms with E-state index in [2.05, 4.69) is 0 Å². The van der Waals surface area contributed by atoms with Crippen LogP contribution in [-0.2, 0) is 9.47 Å². The first-order valence-electron chi connectivity index (χ1n) is 8.99. The van der Waals surface area contributed by atoms with Gasteiger partial charge >= 0.3 is 11.9 Å². The second-order valence-electron chi connectivity index (χ2n) is 6.34. The van der Waals surface area contributed by atoms with Crippen LogP contribution in [0.15, 0.2) is 12.1 Å². The SMILES string of the molecule is COC(=O)c1c(C)cc(OC)c(-c2c(OC)cc(C)c(C(=O)OC)c2OC)c1OC. The van der Waals surface area contributed by atoms with Gasteiger partial charge in [-0.1, -0.05) is 0 Å². The summed E-state index contributed by atoms with van der Waals surface area (Å²) in [5.41, 5.74) is 2.39. The summed E-state index contributed by atoms with van der Waals surface area (Å²) < 4.78 is 32.3. The van der Waals surface area contributed by atoms with Crippen molar-refractivity contribution in [2.75, 3.05) is 42.7 Å². The van der Waals surface area contributed by atoms with E-state index in [-0.39, 0.29) is 22.6 Å². The van der Waals surface area contributed by atoms with Crippen molar-refractivity contribution < 1.29 is 38.0 Å². The van der Waals surface area contributed by atoms with Gasteiger partial charge in [-0.25, -0.2) is 9.59 Å². The fourth-order valence-electron chi connectivity index (χ4n) is 3.43. The third-order valence-electron chi connectivity index (χ3n) is 4.76. The lowest BCUT2D eigenvalue weighted by molar-refractivity contribution is 0.0586. The van der Waals surface area contributed by atoms with E-state index in [0.717, 1.165) is 0 Å². The molecule has 0 radical (unpaired) electrons. The highest BCUT2D eigenvalue weighted by atomic mass is 16.5. The third-order valence-corrected chi connectivity index (χ3v) is 4.76. The highest BCUT2D eigenvalue weighted by Crippen LogP contribution is 2.51. The van der Waals surface area contributed by atoms with Gasteiger partial charge in [-0.05, 0) is 37.1 Å². The lowest BCUT2D eigenvalue weighted by Gasteiger charge is -2.23. The van der Waals surface area contributed by atoms with Crippen molar-refractivity contribution in [3.05, 3.63) is 34.4 Å². The molecular formula is C22H26O8. The molecule has 0 aliphatic rings. The number of ether oxygens (including phenoxy) is 6. The molecule has 8 nitrogen and oxygen atoms in total. The molecule has 0 fully saturated rings. The molecule has 0 bridgehead atoms. The van der Waals surface area contributed by atoms with Crippen LogP contribution in [0.2, 0.25) is 0 Å². The molecule has 0 aromatic heterocycles. The van der Waals surface area contributed by atoms with Crippen LogP contribution in [0.4, 0.5) is 0 Å². The maximum Gasteiger partial charge on any atom is 0.341 e. The molecular weight excluding hydrogens is 392 g/mol. The molecule has 0 aliphatic carbocycles. The number of esters is 2. The zero-order valence-electron chi connectivity index (χ0n) is 18.4. The summed E-state index contributed by atoms with van der Waals surface area (Å²) in [5, 5.41) is 0. The van der Waals surface area contributed by atoms with Crippen LogP contribution in [0.1, 0.15) is 31.8 Å². The minimum atomic E-state index is -0.577. The zero-order chi connectivity index (χ0) is 22.6. The average molecular weight is 418 g/mol. The lowest BCUT2D eigenvalue weighted by Crippen LogP contribution is -2.11. The normalized spacial score (nSPS) is 10.3. The topological polar surface area (TPSA) is 89.5 Å². The Bertz CT molecular complexity index is 899. The highest BCUT2D eigenvalue weighted by molar-refractivity contribution is 6.03. The fourth-order valence-corrected chi connectivity index (χ4v) is 3.43. The smallest absolute Gasteiger partial charge is 0.341 e. The minimum absolute atomic E-state index is 0.204. The van der Waals surface area contributed by atoms with Gasteiger partial charge < -0.3 is 28.4 Å². The van der Waals surface area contributed by atoms with E-state index in [4.69, 9.17) is 28.4 Å². The summed E-state index contributed by atoms with van der Waals surface area (Å²) >= 11 is 0. The maximum absolute atomic E-state index is 12.5. The Kier molecular flexibility index (Phi) is 7.15. The van der Waals surface area contributed by atoms with Gasteiger partial charge in [-0.2, -0.15) is 0 Å². The second kappa shape index (κ2) is 9.39. The summed E-state index contributed by atoms with van der Waals surface area (Å²) in [7, 11) is 8.41. The predicted molar refractivity (Wildman–Crippen MR) is 110 cm³/mol. The van der Waals surface area contributed by atoms with E-state index in [1.54, 1.807) is 26.0 Å². The third kappa shape index (κ3) is 3.72. The van der Waals surface area contributed by atoms with Gasteiger partial charge in [0, 0.05) is 0 Å². The summed E-state index contributed by atoms with van der Waals surface area (Å²) in [6.45, 7) is 3.48. The molecule has 0 unspecified atom stereocenters.